The van der Waals surface area contributed by atoms with Gasteiger partial charge in [0.1, 0.15) is 41.7 Å². The fourth-order valence-corrected chi connectivity index (χ4v) is 7.00. The lowest BCUT2D eigenvalue weighted by Crippen LogP contribution is -2.33. The van der Waals surface area contributed by atoms with Crippen molar-refractivity contribution in [2.45, 2.75) is 32.5 Å². The van der Waals surface area contributed by atoms with Crippen LogP contribution < -0.4 is 4.74 Å². The minimum Gasteiger partial charge on any atom is -0.490 e. The number of ether oxygens (including phenoxy) is 1. The zero-order chi connectivity index (χ0) is 32.1. The lowest BCUT2D eigenvalue weighted by molar-refractivity contribution is -0.104. The third-order valence-corrected chi connectivity index (χ3v) is 9.09. The molecule has 0 fully saturated rings. The summed E-state index contributed by atoms with van der Waals surface area (Å²) in [5, 5.41) is 23.2. The number of pyridine rings is 1. The first kappa shape index (κ1) is 29.8. The van der Waals surface area contributed by atoms with Gasteiger partial charge in [0.2, 0.25) is 0 Å². The maximum atomic E-state index is 16.0. The fourth-order valence-electron chi connectivity index (χ4n) is 6.05. The van der Waals surface area contributed by atoms with Gasteiger partial charge in [0.15, 0.2) is 0 Å². The monoisotopic (exact) mass is 640 g/mol. The predicted octanol–water partition coefficient (Wildman–Crippen LogP) is 6.51. The molecule has 46 heavy (non-hydrogen) atoms. The van der Waals surface area contributed by atoms with Crippen LogP contribution in [0.25, 0.3) is 54.8 Å². The zero-order valence-electron chi connectivity index (χ0n) is 25.3. The number of thiophene rings is 1. The number of carbonyl (C=O) groups is 1. The quantitative estimate of drug-likeness (QED) is 0.150. The van der Waals surface area contributed by atoms with Gasteiger partial charge in [-0.3, -0.25) is 14.2 Å². The van der Waals surface area contributed by atoms with Gasteiger partial charge < -0.3 is 14.7 Å². The number of aliphatic hydroxyl groups is 1. The molecule has 1 aliphatic rings. The summed E-state index contributed by atoms with van der Waals surface area (Å²) in [6.07, 6.45) is 5.05. The van der Waals surface area contributed by atoms with Crippen LogP contribution in [0.4, 0.5) is 8.78 Å². The molecule has 234 valence electrons. The van der Waals surface area contributed by atoms with Crippen molar-refractivity contribution >= 4 is 38.6 Å². The van der Waals surface area contributed by atoms with Crippen molar-refractivity contribution in [3.63, 3.8) is 0 Å². The summed E-state index contributed by atoms with van der Waals surface area (Å²) in [7, 11) is 1.87. The Kier molecular flexibility index (Phi) is 7.61. The van der Waals surface area contributed by atoms with Gasteiger partial charge in [0.05, 0.1) is 41.2 Å². The second kappa shape index (κ2) is 11.8. The van der Waals surface area contributed by atoms with Crippen LogP contribution in [0.2, 0.25) is 0 Å². The lowest BCUT2D eigenvalue weighted by atomic mass is 9.96. The number of rotatable bonds is 8. The largest absolute Gasteiger partial charge is 0.490 e. The Bertz CT molecular complexity index is 2150. The summed E-state index contributed by atoms with van der Waals surface area (Å²) < 4.78 is 40.8. The first-order valence-electron chi connectivity index (χ1n) is 14.8. The van der Waals surface area contributed by atoms with Crippen molar-refractivity contribution in [1.29, 1.82) is 0 Å². The summed E-state index contributed by atoms with van der Waals surface area (Å²) in [6, 6.07) is 11.7. The number of allylic oxidation sites excluding steroid dienone is 1. The van der Waals surface area contributed by atoms with Gasteiger partial charge in [-0.25, -0.2) is 13.8 Å². The van der Waals surface area contributed by atoms with Crippen molar-refractivity contribution in [1.82, 2.24) is 29.4 Å². The summed E-state index contributed by atoms with van der Waals surface area (Å²) in [5.41, 5.74) is 4.59. The molecule has 4 aromatic heterocycles. The van der Waals surface area contributed by atoms with E-state index in [4.69, 9.17) is 14.8 Å². The van der Waals surface area contributed by atoms with Crippen LogP contribution in [0.15, 0.2) is 66.3 Å². The van der Waals surface area contributed by atoms with Crippen molar-refractivity contribution < 1.29 is 23.4 Å². The molecule has 1 N–H and O–H groups in total. The van der Waals surface area contributed by atoms with E-state index in [1.807, 2.05) is 60.6 Å². The average Bonchev–Trinajstić information content (AvgIpc) is 3.77. The molecule has 0 spiro atoms. The summed E-state index contributed by atoms with van der Waals surface area (Å²) in [4.78, 5) is 18.3. The minimum atomic E-state index is -0.861. The Balaban J connectivity index is 1.50. The van der Waals surface area contributed by atoms with Crippen LogP contribution in [-0.2, 0) is 18.4 Å². The number of carbonyl (C=O) groups excluding carboxylic acids is 1. The molecule has 12 heteroatoms. The molecule has 5 heterocycles. The number of benzene rings is 2. The van der Waals surface area contributed by atoms with E-state index in [1.165, 1.54) is 24.3 Å². The van der Waals surface area contributed by atoms with E-state index >= 15 is 4.39 Å². The van der Waals surface area contributed by atoms with E-state index in [0.717, 1.165) is 50.7 Å². The molecule has 0 saturated carbocycles. The molecular weight excluding hydrogens is 610 g/mol. The Morgan fingerprint density at radius 2 is 1.96 bits per heavy atom. The van der Waals surface area contributed by atoms with Crippen molar-refractivity contribution in [2.75, 3.05) is 13.2 Å². The Labute approximate surface area is 267 Å². The standard InChI is InChI=1S/C34H30F2N6O3S/c1-19(44)18-45-29-15-23(35)14-25(36)30(29)31-33(27-16-28-20(2)41(8-4-11-43)9-10-42(28)39-27)37-32(24-7-12-46-34(24)31)21-5-6-22-17-40(3)38-26(22)13-21/h4-8,11-17,19-20,44H,9-10,18H2,1-3H3/t19-,20+/m1/s1. The number of hydrogen-bond donors (Lipinski definition) is 1. The molecule has 0 aliphatic carbocycles. The van der Waals surface area contributed by atoms with E-state index in [2.05, 4.69) is 10.00 Å². The highest BCUT2D eigenvalue weighted by atomic mass is 32.1. The number of hydrogen-bond acceptors (Lipinski definition) is 8. The molecule has 0 bridgehead atoms. The average molecular weight is 641 g/mol. The van der Waals surface area contributed by atoms with E-state index in [-0.39, 0.29) is 24.0 Å². The van der Waals surface area contributed by atoms with Gasteiger partial charge in [0.25, 0.3) is 0 Å². The SMILES string of the molecule is C[C@@H](O)COc1cc(F)cc(F)c1-c1c(-c2cc3n(n2)CCN(C=CC=O)[C@H]3C)nc(-c2ccc3cn(C)nc3c2)c2ccsc12. The molecule has 6 aromatic rings. The van der Waals surface area contributed by atoms with E-state index in [0.29, 0.717) is 35.7 Å². The van der Waals surface area contributed by atoms with E-state index in [1.54, 1.807) is 10.9 Å². The number of nitrogens with zero attached hydrogens (tertiary/aromatic N) is 6. The highest BCUT2D eigenvalue weighted by Crippen LogP contribution is 2.47. The van der Waals surface area contributed by atoms with Crippen LogP contribution in [0.1, 0.15) is 25.6 Å². The molecule has 1 aliphatic heterocycles. The summed E-state index contributed by atoms with van der Waals surface area (Å²) >= 11 is 1.41. The molecule has 2 aromatic carbocycles. The maximum Gasteiger partial charge on any atom is 0.144 e. The third-order valence-electron chi connectivity index (χ3n) is 8.16. The van der Waals surface area contributed by atoms with E-state index in [9.17, 15) is 14.3 Å². The predicted molar refractivity (Wildman–Crippen MR) is 173 cm³/mol. The topological polar surface area (TPSA) is 98.3 Å². The summed E-state index contributed by atoms with van der Waals surface area (Å²) in [6.45, 7) is 4.61. The van der Waals surface area contributed by atoms with Gasteiger partial charge in [-0.2, -0.15) is 10.2 Å². The molecule has 7 rings (SSSR count). The Morgan fingerprint density at radius 1 is 1.11 bits per heavy atom. The number of aldehydes is 1. The Morgan fingerprint density at radius 3 is 2.76 bits per heavy atom. The number of halogens is 2. The van der Waals surface area contributed by atoms with Crippen LogP contribution >= 0.6 is 11.3 Å². The van der Waals surface area contributed by atoms with Crippen molar-refractivity contribution in [2.24, 2.45) is 7.05 Å². The highest BCUT2D eigenvalue weighted by Gasteiger charge is 2.29. The first-order valence-corrected chi connectivity index (χ1v) is 15.7. The minimum absolute atomic E-state index is 0.0401. The number of aliphatic hydroxyl groups excluding tert-OH is 1. The van der Waals surface area contributed by atoms with Gasteiger partial charge in [-0.15, -0.1) is 11.3 Å². The molecule has 0 radical (unpaired) electrons. The van der Waals surface area contributed by atoms with Crippen LogP contribution in [0.5, 0.6) is 5.75 Å². The highest BCUT2D eigenvalue weighted by molar-refractivity contribution is 7.18. The second-order valence-electron chi connectivity index (χ2n) is 11.4. The first-order chi connectivity index (χ1) is 22.2. The Hall–Kier alpha value is -4.94. The molecule has 2 atom stereocenters. The molecule has 0 amide bonds. The number of fused-ring (bicyclic) bond motifs is 3. The van der Waals surface area contributed by atoms with Gasteiger partial charge in [-0.05, 0) is 43.5 Å². The molecular formula is C34H30F2N6O3S. The molecule has 0 unspecified atom stereocenters. The molecule has 9 nitrogen and oxygen atoms in total. The second-order valence-corrected chi connectivity index (χ2v) is 12.3. The van der Waals surface area contributed by atoms with E-state index < -0.39 is 17.7 Å². The van der Waals surface area contributed by atoms with Gasteiger partial charge in [-0.1, -0.05) is 12.1 Å². The number of aromatic nitrogens is 5. The van der Waals surface area contributed by atoms with Crippen molar-refractivity contribution in [3.8, 4) is 39.5 Å². The zero-order valence-corrected chi connectivity index (χ0v) is 26.1. The van der Waals surface area contributed by atoms with Crippen LogP contribution in [0.3, 0.4) is 0 Å². The normalized spacial score (nSPS) is 15.6. The van der Waals surface area contributed by atoms with Crippen LogP contribution in [0, 0.1) is 11.6 Å². The maximum absolute atomic E-state index is 16.0. The molecule has 0 saturated heterocycles. The van der Waals surface area contributed by atoms with Gasteiger partial charge >= 0.3 is 0 Å². The van der Waals surface area contributed by atoms with Crippen LogP contribution in [-0.4, -0.2) is 60.1 Å². The van der Waals surface area contributed by atoms with Crippen molar-refractivity contribution in [3.05, 3.63) is 83.6 Å². The summed E-state index contributed by atoms with van der Waals surface area (Å²) in [5.74, 6) is -1.65. The lowest BCUT2D eigenvalue weighted by Gasteiger charge is -2.32. The van der Waals surface area contributed by atoms with Gasteiger partial charge in [0, 0.05) is 64.7 Å². The number of aryl methyl sites for hydroxylation is 1. The third kappa shape index (κ3) is 5.23. The smallest absolute Gasteiger partial charge is 0.144 e. The fraction of sp³-hybridized carbons (Fsp3) is 0.235.